The number of likely N-dealkylation sites (N-methyl/N-ethyl adjacent to an activating group) is 1. The number of nitrogens with two attached hydrogens (primary N) is 1. The van der Waals surface area contributed by atoms with Gasteiger partial charge in [0, 0.05) is 20.1 Å². The van der Waals surface area contributed by atoms with Crippen LogP contribution < -0.4 is 5.73 Å². The zero-order valence-electron chi connectivity index (χ0n) is 10.3. The van der Waals surface area contributed by atoms with E-state index in [0.29, 0.717) is 4.99 Å². The molecule has 0 bridgehead atoms. The van der Waals surface area contributed by atoms with E-state index < -0.39 is 0 Å². The summed E-state index contributed by atoms with van der Waals surface area (Å²) >= 11 is 4.90. The molecule has 2 amide bonds. The highest BCUT2D eigenvalue weighted by molar-refractivity contribution is 7.80. The summed E-state index contributed by atoms with van der Waals surface area (Å²) in [4.78, 5) is 16.0. The predicted octanol–water partition coefficient (Wildman–Crippen LogP) is 1.44. The fourth-order valence-electron chi connectivity index (χ4n) is 1.78. The van der Waals surface area contributed by atoms with Crippen molar-refractivity contribution in [3.05, 3.63) is 0 Å². The Morgan fingerprint density at radius 2 is 2.00 bits per heavy atom. The van der Waals surface area contributed by atoms with E-state index in [4.69, 9.17) is 18.0 Å². The summed E-state index contributed by atoms with van der Waals surface area (Å²) in [5, 5.41) is 0. The largest absolute Gasteiger partial charge is 0.392 e. The molecule has 2 N–H and O–H groups in total. The van der Waals surface area contributed by atoms with Crippen LogP contribution in [0.3, 0.4) is 0 Å². The van der Waals surface area contributed by atoms with Crippen LogP contribution in [0.1, 0.15) is 26.7 Å². The molecule has 92 valence electrons. The van der Waals surface area contributed by atoms with Crippen LogP contribution in [0.2, 0.25) is 0 Å². The van der Waals surface area contributed by atoms with E-state index in [1.54, 1.807) is 11.9 Å². The minimum absolute atomic E-state index is 0.0344. The van der Waals surface area contributed by atoms with E-state index in [2.05, 4.69) is 6.92 Å². The van der Waals surface area contributed by atoms with E-state index in [1.807, 2.05) is 11.8 Å². The highest BCUT2D eigenvalue weighted by Gasteiger charge is 2.25. The normalized spacial score (nSPS) is 19.3. The van der Waals surface area contributed by atoms with Gasteiger partial charge in [0.2, 0.25) is 0 Å². The van der Waals surface area contributed by atoms with Gasteiger partial charge in [0.15, 0.2) is 0 Å². The van der Waals surface area contributed by atoms with Gasteiger partial charge < -0.3 is 15.5 Å². The minimum Gasteiger partial charge on any atom is -0.392 e. The van der Waals surface area contributed by atoms with Crippen molar-refractivity contribution in [3.8, 4) is 0 Å². The molecule has 0 aromatic heterocycles. The lowest BCUT2D eigenvalue weighted by Crippen LogP contribution is -2.50. The lowest BCUT2D eigenvalue weighted by atomic mass is 9.99. The van der Waals surface area contributed by atoms with Crippen LogP contribution >= 0.6 is 12.2 Å². The molecule has 1 fully saturated rings. The Morgan fingerprint density at radius 3 is 2.44 bits per heavy atom. The number of hydrogen-bond acceptors (Lipinski definition) is 2. The number of thiocarbonyl (C=S) groups is 1. The number of carbonyl (C=O) groups excluding carboxylic acids is 1. The highest BCUT2D eigenvalue weighted by Crippen LogP contribution is 2.17. The van der Waals surface area contributed by atoms with Gasteiger partial charge >= 0.3 is 6.03 Å². The average molecular weight is 243 g/mol. The highest BCUT2D eigenvalue weighted by atomic mass is 32.1. The van der Waals surface area contributed by atoms with Crippen molar-refractivity contribution >= 4 is 23.2 Å². The molecule has 1 rings (SSSR count). The van der Waals surface area contributed by atoms with E-state index in [1.165, 1.54) is 0 Å². The number of amides is 2. The van der Waals surface area contributed by atoms with Gasteiger partial charge in [-0.25, -0.2) is 4.79 Å². The smallest absolute Gasteiger partial charge is 0.320 e. The minimum atomic E-state index is -0.179. The van der Waals surface area contributed by atoms with Gasteiger partial charge in [-0.05, 0) is 25.7 Å². The maximum absolute atomic E-state index is 12.1. The average Bonchev–Trinajstić information content (AvgIpc) is 2.27. The van der Waals surface area contributed by atoms with Crippen molar-refractivity contribution in [2.75, 3.05) is 20.1 Å². The maximum atomic E-state index is 12.1. The SMILES string of the molecule is CC1CCN(C(=O)N(C)C(C)C(N)=S)CC1. The monoisotopic (exact) mass is 243 g/mol. The number of hydrogen-bond donors (Lipinski definition) is 1. The topological polar surface area (TPSA) is 49.6 Å². The molecule has 1 aliphatic rings. The number of rotatable bonds is 2. The Bertz CT molecular complexity index is 274. The van der Waals surface area contributed by atoms with Crippen molar-refractivity contribution in [1.29, 1.82) is 0 Å². The van der Waals surface area contributed by atoms with Gasteiger partial charge in [-0.15, -0.1) is 0 Å². The van der Waals surface area contributed by atoms with Crippen LogP contribution in [0.25, 0.3) is 0 Å². The van der Waals surface area contributed by atoms with Crippen LogP contribution in [-0.2, 0) is 0 Å². The summed E-state index contributed by atoms with van der Waals surface area (Å²) in [6, 6.07) is -0.144. The summed E-state index contributed by atoms with van der Waals surface area (Å²) < 4.78 is 0. The molecule has 0 aliphatic carbocycles. The van der Waals surface area contributed by atoms with Crippen LogP contribution in [0.15, 0.2) is 0 Å². The van der Waals surface area contributed by atoms with Crippen molar-refractivity contribution in [2.45, 2.75) is 32.7 Å². The molecule has 1 atom stereocenters. The zero-order chi connectivity index (χ0) is 12.3. The molecule has 5 heteroatoms. The van der Waals surface area contributed by atoms with Gasteiger partial charge in [-0.1, -0.05) is 19.1 Å². The molecule has 0 saturated carbocycles. The van der Waals surface area contributed by atoms with E-state index in [9.17, 15) is 4.79 Å². The van der Waals surface area contributed by atoms with Crippen LogP contribution in [0, 0.1) is 5.92 Å². The van der Waals surface area contributed by atoms with Gasteiger partial charge in [-0.3, -0.25) is 0 Å². The van der Waals surface area contributed by atoms with Crippen molar-refractivity contribution < 1.29 is 4.79 Å². The Morgan fingerprint density at radius 1 is 1.50 bits per heavy atom. The summed E-state index contributed by atoms with van der Waals surface area (Å²) in [6.45, 7) is 5.76. The second-order valence-electron chi connectivity index (χ2n) is 4.64. The molecule has 0 spiro atoms. The number of likely N-dealkylation sites (tertiary alicyclic amines) is 1. The van der Waals surface area contributed by atoms with E-state index in [0.717, 1.165) is 31.8 Å². The number of piperidine rings is 1. The Balaban J connectivity index is 2.54. The Hall–Kier alpha value is -0.840. The number of nitrogens with zero attached hydrogens (tertiary/aromatic N) is 2. The lowest BCUT2D eigenvalue weighted by molar-refractivity contribution is 0.140. The first kappa shape index (κ1) is 13.2. The third-order valence-corrected chi connectivity index (χ3v) is 3.69. The summed E-state index contributed by atoms with van der Waals surface area (Å²) in [5.41, 5.74) is 5.55. The molecule has 1 saturated heterocycles. The molecule has 1 unspecified atom stereocenters. The van der Waals surface area contributed by atoms with Gasteiger partial charge in [0.25, 0.3) is 0 Å². The second kappa shape index (κ2) is 5.48. The first-order chi connectivity index (χ1) is 7.43. The fraction of sp³-hybridized carbons (Fsp3) is 0.818. The first-order valence-corrected chi connectivity index (χ1v) is 6.15. The molecule has 16 heavy (non-hydrogen) atoms. The fourth-order valence-corrected chi connectivity index (χ4v) is 1.94. The second-order valence-corrected chi connectivity index (χ2v) is 5.11. The van der Waals surface area contributed by atoms with Gasteiger partial charge in [0.05, 0.1) is 11.0 Å². The van der Waals surface area contributed by atoms with Crippen LogP contribution in [0.5, 0.6) is 0 Å². The van der Waals surface area contributed by atoms with Crippen LogP contribution in [0.4, 0.5) is 4.79 Å². The third kappa shape index (κ3) is 3.07. The molecular formula is C11H21N3OS. The maximum Gasteiger partial charge on any atom is 0.320 e. The van der Waals surface area contributed by atoms with Crippen molar-refractivity contribution in [3.63, 3.8) is 0 Å². The summed E-state index contributed by atoms with van der Waals surface area (Å²) in [6.07, 6.45) is 2.17. The molecular weight excluding hydrogens is 222 g/mol. The molecule has 1 aliphatic heterocycles. The quantitative estimate of drug-likeness (QED) is 0.747. The zero-order valence-corrected chi connectivity index (χ0v) is 11.1. The molecule has 0 radical (unpaired) electrons. The summed E-state index contributed by atoms with van der Waals surface area (Å²) in [7, 11) is 1.75. The van der Waals surface area contributed by atoms with E-state index in [-0.39, 0.29) is 12.1 Å². The molecule has 1 heterocycles. The number of carbonyl (C=O) groups is 1. The molecule has 4 nitrogen and oxygen atoms in total. The van der Waals surface area contributed by atoms with Gasteiger partial charge in [-0.2, -0.15) is 0 Å². The van der Waals surface area contributed by atoms with E-state index >= 15 is 0 Å². The Kier molecular flexibility index (Phi) is 4.53. The molecule has 0 aromatic rings. The standard InChI is InChI=1S/C11H21N3OS/c1-8-4-6-14(7-5-8)11(15)13(3)9(2)10(12)16/h8-9H,4-7H2,1-3H3,(H2,12,16). The lowest BCUT2D eigenvalue weighted by Gasteiger charge is -2.35. The van der Waals surface area contributed by atoms with Crippen molar-refractivity contribution in [2.24, 2.45) is 11.7 Å². The third-order valence-electron chi connectivity index (χ3n) is 3.35. The first-order valence-electron chi connectivity index (χ1n) is 5.74. The predicted molar refractivity (Wildman–Crippen MR) is 69.4 cm³/mol. The summed E-state index contributed by atoms with van der Waals surface area (Å²) in [5.74, 6) is 0.724. The number of urea groups is 1. The van der Waals surface area contributed by atoms with Crippen LogP contribution in [-0.4, -0.2) is 47.0 Å². The Labute approximate surface area is 103 Å². The molecule has 0 aromatic carbocycles. The van der Waals surface area contributed by atoms with Gasteiger partial charge in [0.1, 0.15) is 0 Å². The van der Waals surface area contributed by atoms with Crippen molar-refractivity contribution in [1.82, 2.24) is 9.80 Å².